The van der Waals surface area contributed by atoms with Crippen LogP contribution >= 0.6 is 23.2 Å². The van der Waals surface area contributed by atoms with E-state index < -0.39 is 0 Å². The zero-order chi connectivity index (χ0) is 19.4. The predicted molar refractivity (Wildman–Crippen MR) is 115 cm³/mol. The summed E-state index contributed by atoms with van der Waals surface area (Å²) in [6, 6.07) is 12.7. The van der Waals surface area contributed by atoms with Crippen LogP contribution in [-0.4, -0.2) is 35.1 Å². The fraction of sp³-hybridized carbons (Fsp3) is 0.238. The Morgan fingerprint density at radius 2 is 1.89 bits per heavy atom. The molecule has 0 aliphatic rings. The van der Waals surface area contributed by atoms with Gasteiger partial charge < -0.3 is 4.90 Å². The van der Waals surface area contributed by atoms with Crippen LogP contribution in [0.15, 0.2) is 47.3 Å². The Labute approximate surface area is 168 Å². The average Bonchev–Trinajstić information content (AvgIpc) is 2.63. The zero-order valence-corrected chi connectivity index (χ0v) is 16.8. The summed E-state index contributed by atoms with van der Waals surface area (Å²) in [7, 11) is 4.04. The number of halogens is 2. The van der Waals surface area contributed by atoms with Crippen LogP contribution in [0.2, 0.25) is 10.0 Å². The van der Waals surface area contributed by atoms with Crippen molar-refractivity contribution in [1.82, 2.24) is 14.5 Å². The highest BCUT2D eigenvalue weighted by Crippen LogP contribution is 2.22. The molecule has 3 rings (SSSR count). The van der Waals surface area contributed by atoms with Gasteiger partial charge in [-0.15, -0.1) is 0 Å². The molecule has 4 nitrogen and oxygen atoms in total. The van der Waals surface area contributed by atoms with E-state index in [0.29, 0.717) is 33.3 Å². The van der Waals surface area contributed by atoms with Crippen molar-refractivity contribution >= 4 is 46.3 Å². The maximum Gasteiger partial charge on any atom is 0.261 e. The fourth-order valence-electron chi connectivity index (χ4n) is 2.87. The molecule has 2 aromatic carbocycles. The van der Waals surface area contributed by atoms with Gasteiger partial charge in [0.2, 0.25) is 0 Å². The molecule has 0 radical (unpaired) electrons. The van der Waals surface area contributed by atoms with Crippen LogP contribution in [-0.2, 0) is 6.54 Å². The first-order chi connectivity index (χ1) is 13.0. The Kier molecular flexibility index (Phi) is 6.32. The zero-order valence-electron chi connectivity index (χ0n) is 15.3. The van der Waals surface area contributed by atoms with Gasteiger partial charge in [0.25, 0.3) is 5.56 Å². The molecule has 0 saturated heterocycles. The minimum Gasteiger partial charge on any atom is -0.309 e. The predicted octanol–water partition coefficient (Wildman–Crippen LogP) is 4.83. The van der Waals surface area contributed by atoms with Gasteiger partial charge in [0.05, 0.1) is 10.9 Å². The molecule has 27 heavy (non-hydrogen) atoms. The second-order valence-corrected chi connectivity index (χ2v) is 7.44. The van der Waals surface area contributed by atoms with E-state index in [1.165, 1.54) is 0 Å². The largest absolute Gasteiger partial charge is 0.309 e. The lowest BCUT2D eigenvalue weighted by atomic mass is 10.2. The Morgan fingerprint density at radius 1 is 1.11 bits per heavy atom. The number of fused-ring (bicyclic) bond motifs is 1. The van der Waals surface area contributed by atoms with Gasteiger partial charge in [-0.05, 0) is 69.0 Å². The van der Waals surface area contributed by atoms with Crippen LogP contribution in [0.3, 0.4) is 0 Å². The Morgan fingerprint density at radius 3 is 2.63 bits per heavy atom. The highest BCUT2D eigenvalue weighted by atomic mass is 35.5. The van der Waals surface area contributed by atoms with Gasteiger partial charge in [-0.3, -0.25) is 9.36 Å². The summed E-state index contributed by atoms with van der Waals surface area (Å²) in [6.07, 6.45) is 4.55. The Balaban J connectivity index is 2.03. The van der Waals surface area contributed by atoms with E-state index in [1.807, 2.05) is 56.6 Å². The van der Waals surface area contributed by atoms with Crippen LogP contribution in [0, 0.1) is 0 Å². The topological polar surface area (TPSA) is 38.1 Å². The van der Waals surface area contributed by atoms with Crippen molar-refractivity contribution < 1.29 is 0 Å². The first kappa shape index (κ1) is 19.6. The molecule has 0 unspecified atom stereocenters. The van der Waals surface area contributed by atoms with Crippen molar-refractivity contribution in [2.75, 3.05) is 20.6 Å². The first-order valence-corrected chi connectivity index (χ1v) is 9.49. The average molecular weight is 402 g/mol. The summed E-state index contributed by atoms with van der Waals surface area (Å²) < 4.78 is 1.73. The van der Waals surface area contributed by atoms with Gasteiger partial charge in [0, 0.05) is 16.6 Å². The normalized spacial score (nSPS) is 11.7. The van der Waals surface area contributed by atoms with E-state index in [9.17, 15) is 4.79 Å². The van der Waals surface area contributed by atoms with Crippen LogP contribution in [0.5, 0.6) is 0 Å². The van der Waals surface area contributed by atoms with Crippen molar-refractivity contribution in [3.05, 3.63) is 74.3 Å². The van der Waals surface area contributed by atoms with Gasteiger partial charge in [-0.2, -0.15) is 0 Å². The van der Waals surface area contributed by atoms with Crippen molar-refractivity contribution in [3.63, 3.8) is 0 Å². The molecule has 0 N–H and O–H groups in total. The summed E-state index contributed by atoms with van der Waals surface area (Å²) in [4.78, 5) is 19.8. The van der Waals surface area contributed by atoms with E-state index in [4.69, 9.17) is 23.2 Å². The molecule has 6 heteroatoms. The highest BCUT2D eigenvalue weighted by Gasteiger charge is 2.09. The summed E-state index contributed by atoms with van der Waals surface area (Å²) >= 11 is 12.2. The molecule has 0 bridgehead atoms. The van der Waals surface area contributed by atoms with E-state index in [1.54, 1.807) is 16.7 Å². The molecule has 3 aromatic rings. The van der Waals surface area contributed by atoms with Gasteiger partial charge >= 0.3 is 0 Å². The van der Waals surface area contributed by atoms with Crippen molar-refractivity contribution in [2.24, 2.45) is 0 Å². The summed E-state index contributed by atoms with van der Waals surface area (Å²) in [5, 5.41) is 1.77. The maximum atomic E-state index is 13.0. The van der Waals surface area contributed by atoms with Crippen LogP contribution in [0.4, 0.5) is 0 Å². The maximum absolute atomic E-state index is 13.0. The third-order valence-corrected chi connectivity index (χ3v) is 4.82. The van der Waals surface area contributed by atoms with E-state index >= 15 is 0 Å². The Hall–Kier alpha value is -2.14. The summed E-state index contributed by atoms with van der Waals surface area (Å²) in [5.41, 5.74) is 1.48. The minimum absolute atomic E-state index is 0.0267. The molecule has 0 saturated carbocycles. The lowest BCUT2D eigenvalue weighted by Crippen LogP contribution is -2.26. The van der Waals surface area contributed by atoms with Crippen LogP contribution in [0.25, 0.3) is 23.1 Å². The van der Waals surface area contributed by atoms with Crippen molar-refractivity contribution in [3.8, 4) is 0 Å². The third kappa shape index (κ3) is 4.78. The molecular formula is C21H21Cl2N3O. The quantitative estimate of drug-likeness (QED) is 0.593. The molecule has 0 spiro atoms. The molecule has 0 fully saturated rings. The van der Waals surface area contributed by atoms with E-state index in [2.05, 4.69) is 9.88 Å². The Bertz CT molecular complexity index is 1040. The standard InChI is InChI=1S/C21H21Cl2N3O/c1-25(2)12-5-13-26-20(11-9-15-8-10-16(22)14-18(15)23)24-19-7-4-3-6-17(19)21(26)27/h3-4,6-11,14H,5,12-13H2,1-2H3/b11-9+. The minimum atomic E-state index is -0.0267. The van der Waals surface area contributed by atoms with E-state index in [-0.39, 0.29) is 5.56 Å². The van der Waals surface area contributed by atoms with Crippen LogP contribution in [0.1, 0.15) is 17.8 Å². The number of aromatic nitrogens is 2. The SMILES string of the molecule is CN(C)CCCn1c(/C=C/c2ccc(Cl)cc2Cl)nc2ccccc2c1=O. The summed E-state index contributed by atoms with van der Waals surface area (Å²) in [6.45, 7) is 1.49. The third-order valence-electron chi connectivity index (χ3n) is 4.25. The van der Waals surface area contributed by atoms with E-state index in [0.717, 1.165) is 18.5 Å². The summed E-state index contributed by atoms with van der Waals surface area (Å²) in [5.74, 6) is 0.614. The molecule has 0 aliphatic carbocycles. The van der Waals surface area contributed by atoms with Gasteiger partial charge in [0.1, 0.15) is 5.82 Å². The number of hydrogen-bond acceptors (Lipinski definition) is 3. The van der Waals surface area contributed by atoms with Gasteiger partial charge in [-0.1, -0.05) is 41.4 Å². The number of rotatable bonds is 6. The second kappa shape index (κ2) is 8.70. The molecule has 1 heterocycles. The monoisotopic (exact) mass is 401 g/mol. The molecule has 0 amide bonds. The lowest BCUT2D eigenvalue weighted by Gasteiger charge is -2.13. The molecule has 1 aromatic heterocycles. The smallest absolute Gasteiger partial charge is 0.261 e. The highest BCUT2D eigenvalue weighted by molar-refractivity contribution is 6.35. The van der Waals surface area contributed by atoms with Gasteiger partial charge in [0.15, 0.2) is 0 Å². The van der Waals surface area contributed by atoms with Crippen molar-refractivity contribution in [2.45, 2.75) is 13.0 Å². The molecular weight excluding hydrogens is 381 g/mol. The lowest BCUT2D eigenvalue weighted by molar-refractivity contribution is 0.384. The number of benzene rings is 2. The number of para-hydroxylation sites is 1. The fourth-order valence-corrected chi connectivity index (χ4v) is 3.35. The molecule has 0 aliphatic heterocycles. The van der Waals surface area contributed by atoms with Crippen LogP contribution < -0.4 is 5.56 Å². The first-order valence-electron chi connectivity index (χ1n) is 8.73. The molecule has 140 valence electrons. The molecule has 0 atom stereocenters. The van der Waals surface area contributed by atoms with Crippen molar-refractivity contribution in [1.29, 1.82) is 0 Å². The van der Waals surface area contributed by atoms with Gasteiger partial charge in [-0.25, -0.2) is 4.98 Å². The second-order valence-electron chi connectivity index (χ2n) is 6.60. The number of hydrogen-bond donors (Lipinski definition) is 0. The number of nitrogens with zero attached hydrogens (tertiary/aromatic N) is 3.